The molecule has 0 aliphatic carbocycles. The Hall–Kier alpha value is -0.370. The number of piperidine rings is 1. The molecule has 1 aliphatic heterocycles. The van der Waals surface area contributed by atoms with Crippen molar-refractivity contribution in [2.75, 3.05) is 32.0 Å². The maximum atomic E-state index is 12.1. The maximum absolute atomic E-state index is 12.1. The lowest BCUT2D eigenvalue weighted by molar-refractivity contribution is -0.117. The molecule has 0 bridgehead atoms. The molecule has 1 amide bonds. The summed E-state index contributed by atoms with van der Waals surface area (Å²) in [6.07, 6.45) is 2.23. The molecular weight excluding hydrogens is 401 g/mol. The smallest absolute Gasteiger partial charge is 0.238 e. The van der Waals surface area contributed by atoms with Crippen molar-refractivity contribution in [1.82, 2.24) is 10.2 Å². The highest BCUT2D eigenvalue weighted by atomic mass is 127. The minimum Gasteiger partial charge on any atom is -0.325 e. The molecule has 1 fully saturated rings. The van der Waals surface area contributed by atoms with Crippen LogP contribution in [0, 0.1) is 10.5 Å². The molecular formula is C15H23ClIN3O. The molecule has 6 heteroatoms. The fourth-order valence-electron chi connectivity index (χ4n) is 2.54. The Morgan fingerprint density at radius 1 is 1.38 bits per heavy atom. The van der Waals surface area contributed by atoms with Gasteiger partial charge in [-0.25, -0.2) is 0 Å². The molecule has 1 heterocycles. The molecule has 4 nitrogen and oxygen atoms in total. The van der Waals surface area contributed by atoms with E-state index in [-0.39, 0.29) is 18.3 Å². The van der Waals surface area contributed by atoms with E-state index < -0.39 is 0 Å². The van der Waals surface area contributed by atoms with Crippen LogP contribution in [0.15, 0.2) is 18.2 Å². The Bertz CT molecular complexity index is 476. The molecule has 2 rings (SSSR count). The number of nitrogens with zero attached hydrogens (tertiary/aromatic N) is 1. The second kappa shape index (κ2) is 8.92. The molecule has 1 aliphatic rings. The summed E-state index contributed by atoms with van der Waals surface area (Å²) < 4.78 is 1.19. The summed E-state index contributed by atoms with van der Waals surface area (Å²) in [5.41, 5.74) is 2.03. The van der Waals surface area contributed by atoms with E-state index in [4.69, 9.17) is 0 Å². The van der Waals surface area contributed by atoms with E-state index in [1.807, 2.05) is 26.1 Å². The number of anilines is 1. The number of carbonyl (C=O) groups excluding carboxylic acids is 1. The number of likely N-dealkylation sites (tertiary alicyclic amines) is 1. The van der Waals surface area contributed by atoms with Crippen molar-refractivity contribution in [3.8, 4) is 0 Å². The summed E-state index contributed by atoms with van der Waals surface area (Å²) in [5.74, 6) is 0.0808. The first-order valence-corrected chi connectivity index (χ1v) is 8.12. The van der Waals surface area contributed by atoms with Crippen LogP contribution < -0.4 is 10.6 Å². The van der Waals surface area contributed by atoms with Crippen LogP contribution in [-0.4, -0.2) is 43.5 Å². The predicted octanol–water partition coefficient (Wildman–Crippen LogP) is 2.64. The lowest BCUT2D eigenvalue weighted by Gasteiger charge is -2.31. The summed E-state index contributed by atoms with van der Waals surface area (Å²) in [5, 5.41) is 6.31. The molecule has 2 N–H and O–H groups in total. The maximum Gasteiger partial charge on any atom is 0.238 e. The lowest BCUT2D eigenvalue weighted by Crippen LogP contribution is -2.44. The quantitative estimate of drug-likeness (QED) is 0.732. The van der Waals surface area contributed by atoms with Crippen molar-refractivity contribution >= 4 is 46.6 Å². The number of halogens is 2. The van der Waals surface area contributed by atoms with Gasteiger partial charge in [-0.2, -0.15) is 0 Å². The standard InChI is InChI=1S/C15H22IN3O.ClH/c1-11-9-12(16)3-4-14(11)18-15(20)10-19-7-5-13(17-2)6-8-19;/h3-4,9,13,17H,5-8,10H2,1-2H3,(H,18,20);1H. The Kier molecular flexibility index (Phi) is 7.94. The monoisotopic (exact) mass is 423 g/mol. The van der Waals surface area contributed by atoms with E-state index >= 15 is 0 Å². The molecule has 0 atom stereocenters. The van der Waals surface area contributed by atoms with E-state index in [0.29, 0.717) is 12.6 Å². The number of benzene rings is 1. The fourth-order valence-corrected chi connectivity index (χ4v) is 3.19. The number of amides is 1. The molecule has 1 aromatic rings. The first-order chi connectivity index (χ1) is 9.58. The van der Waals surface area contributed by atoms with Crippen LogP contribution in [0.3, 0.4) is 0 Å². The van der Waals surface area contributed by atoms with Gasteiger partial charge in [0.15, 0.2) is 0 Å². The van der Waals surface area contributed by atoms with E-state index in [9.17, 15) is 4.79 Å². The van der Waals surface area contributed by atoms with Crippen LogP contribution in [0.2, 0.25) is 0 Å². The van der Waals surface area contributed by atoms with Gasteiger partial charge in [0, 0.05) is 28.4 Å². The molecule has 0 spiro atoms. The summed E-state index contributed by atoms with van der Waals surface area (Å²) in [4.78, 5) is 14.3. The summed E-state index contributed by atoms with van der Waals surface area (Å²) in [7, 11) is 2.01. The number of nitrogens with one attached hydrogen (secondary N) is 2. The number of hydrogen-bond acceptors (Lipinski definition) is 3. The van der Waals surface area contributed by atoms with Gasteiger partial charge < -0.3 is 10.6 Å². The van der Waals surface area contributed by atoms with Crippen LogP contribution in [-0.2, 0) is 4.79 Å². The third kappa shape index (κ3) is 5.73. The minimum absolute atomic E-state index is 0. The molecule has 118 valence electrons. The number of carbonyl (C=O) groups is 1. The number of hydrogen-bond donors (Lipinski definition) is 2. The van der Waals surface area contributed by atoms with E-state index in [1.54, 1.807) is 0 Å². The molecule has 0 radical (unpaired) electrons. The van der Waals surface area contributed by atoms with Crippen LogP contribution in [0.5, 0.6) is 0 Å². The average Bonchev–Trinajstić information content (AvgIpc) is 2.43. The van der Waals surface area contributed by atoms with Crippen molar-refractivity contribution in [2.45, 2.75) is 25.8 Å². The highest BCUT2D eigenvalue weighted by molar-refractivity contribution is 14.1. The molecule has 1 aromatic carbocycles. The Balaban J connectivity index is 0.00000220. The third-order valence-electron chi connectivity index (χ3n) is 3.83. The van der Waals surface area contributed by atoms with Crippen molar-refractivity contribution in [1.29, 1.82) is 0 Å². The lowest BCUT2D eigenvalue weighted by atomic mass is 10.1. The highest BCUT2D eigenvalue weighted by Gasteiger charge is 2.19. The van der Waals surface area contributed by atoms with Gasteiger partial charge in [-0.1, -0.05) is 0 Å². The van der Waals surface area contributed by atoms with E-state index in [2.05, 4.69) is 44.2 Å². The average molecular weight is 424 g/mol. The van der Waals surface area contributed by atoms with Gasteiger partial charge in [0.05, 0.1) is 6.54 Å². The number of aryl methyl sites for hydroxylation is 1. The molecule has 0 aromatic heterocycles. The predicted molar refractivity (Wildman–Crippen MR) is 98.3 cm³/mol. The van der Waals surface area contributed by atoms with Gasteiger partial charge in [-0.05, 0) is 73.2 Å². The van der Waals surface area contributed by atoms with Gasteiger partial charge in [0.25, 0.3) is 0 Å². The summed E-state index contributed by atoms with van der Waals surface area (Å²) in [6.45, 7) is 4.49. The SMILES string of the molecule is CNC1CCN(CC(=O)Nc2ccc(I)cc2C)CC1.Cl. The Morgan fingerprint density at radius 2 is 2.05 bits per heavy atom. The minimum atomic E-state index is 0. The van der Waals surface area contributed by atoms with E-state index in [0.717, 1.165) is 37.2 Å². The number of rotatable bonds is 4. The van der Waals surface area contributed by atoms with Crippen LogP contribution in [0.1, 0.15) is 18.4 Å². The zero-order valence-corrected chi connectivity index (χ0v) is 15.5. The fraction of sp³-hybridized carbons (Fsp3) is 0.533. The Labute approximate surface area is 146 Å². The van der Waals surface area contributed by atoms with E-state index in [1.165, 1.54) is 3.57 Å². The van der Waals surface area contributed by atoms with Crippen molar-refractivity contribution in [3.63, 3.8) is 0 Å². The third-order valence-corrected chi connectivity index (χ3v) is 4.50. The van der Waals surface area contributed by atoms with Gasteiger partial charge in [-0.15, -0.1) is 12.4 Å². The normalized spacial score (nSPS) is 16.3. The zero-order chi connectivity index (χ0) is 14.5. The topological polar surface area (TPSA) is 44.4 Å². The van der Waals surface area contributed by atoms with Crippen molar-refractivity contribution < 1.29 is 4.79 Å². The first kappa shape index (κ1) is 18.7. The molecule has 0 saturated carbocycles. The van der Waals surface area contributed by atoms with Crippen molar-refractivity contribution in [2.24, 2.45) is 0 Å². The van der Waals surface area contributed by atoms with Gasteiger partial charge in [-0.3, -0.25) is 9.69 Å². The van der Waals surface area contributed by atoms with Crippen LogP contribution >= 0.6 is 35.0 Å². The van der Waals surface area contributed by atoms with Gasteiger partial charge in [0.2, 0.25) is 5.91 Å². The second-order valence-corrected chi connectivity index (χ2v) is 6.59. The summed E-state index contributed by atoms with van der Waals surface area (Å²) in [6, 6.07) is 6.67. The molecule has 0 unspecified atom stereocenters. The molecule has 1 saturated heterocycles. The van der Waals surface area contributed by atoms with Crippen LogP contribution in [0.25, 0.3) is 0 Å². The van der Waals surface area contributed by atoms with Gasteiger partial charge >= 0.3 is 0 Å². The second-order valence-electron chi connectivity index (χ2n) is 5.35. The first-order valence-electron chi connectivity index (χ1n) is 7.04. The van der Waals surface area contributed by atoms with Gasteiger partial charge in [0.1, 0.15) is 0 Å². The largest absolute Gasteiger partial charge is 0.325 e. The highest BCUT2D eigenvalue weighted by Crippen LogP contribution is 2.18. The van der Waals surface area contributed by atoms with Crippen molar-refractivity contribution in [3.05, 3.63) is 27.3 Å². The van der Waals surface area contributed by atoms with Crippen LogP contribution in [0.4, 0.5) is 5.69 Å². The Morgan fingerprint density at radius 3 is 2.62 bits per heavy atom. The molecule has 21 heavy (non-hydrogen) atoms. The summed E-state index contributed by atoms with van der Waals surface area (Å²) >= 11 is 2.28. The zero-order valence-electron chi connectivity index (χ0n) is 12.5.